The number of amides is 2. The molecule has 27 heavy (non-hydrogen) atoms. The minimum absolute atomic E-state index is 0.0236. The van der Waals surface area contributed by atoms with Gasteiger partial charge in [0.2, 0.25) is 5.82 Å². The number of benzene rings is 1. The van der Waals surface area contributed by atoms with Crippen LogP contribution >= 0.6 is 11.6 Å². The van der Waals surface area contributed by atoms with E-state index < -0.39 is 0 Å². The fourth-order valence-electron chi connectivity index (χ4n) is 2.66. The molecule has 0 radical (unpaired) electrons. The highest BCUT2D eigenvalue weighted by molar-refractivity contribution is 6.31. The summed E-state index contributed by atoms with van der Waals surface area (Å²) in [5.74, 6) is -0.510. The SMILES string of the molecule is CCC(C)NC(=O)c1nc(C(=O)NCc2ccccc2Cl)n2ccccc12. The molecule has 2 amide bonds. The summed E-state index contributed by atoms with van der Waals surface area (Å²) in [5, 5.41) is 6.29. The van der Waals surface area contributed by atoms with Gasteiger partial charge in [0.15, 0.2) is 5.69 Å². The molecule has 2 heterocycles. The fourth-order valence-corrected chi connectivity index (χ4v) is 2.86. The lowest BCUT2D eigenvalue weighted by Crippen LogP contribution is -2.32. The number of nitrogens with one attached hydrogen (secondary N) is 2. The maximum atomic E-state index is 12.7. The van der Waals surface area contributed by atoms with Gasteiger partial charge in [0.25, 0.3) is 11.8 Å². The van der Waals surface area contributed by atoms with Crippen molar-refractivity contribution in [3.63, 3.8) is 0 Å². The van der Waals surface area contributed by atoms with Gasteiger partial charge >= 0.3 is 0 Å². The molecule has 1 aromatic carbocycles. The van der Waals surface area contributed by atoms with E-state index in [0.717, 1.165) is 12.0 Å². The minimum Gasteiger partial charge on any atom is -0.348 e. The summed E-state index contributed by atoms with van der Waals surface area (Å²) in [7, 11) is 0. The topological polar surface area (TPSA) is 75.5 Å². The van der Waals surface area contributed by atoms with E-state index in [1.54, 1.807) is 28.8 Å². The summed E-state index contributed by atoms with van der Waals surface area (Å²) >= 11 is 6.13. The number of hydrogen-bond acceptors (Lipinski definition) is 3. The number of rotatable bonds is 6. The van der Waals surface area contributed by atoms with Gasteiger partial charge in [-0.15, -0.1) is 0 Å². The van der Waals surface area contributed by atoms with E-state index in [0.29, 0.717) is 10.5 Å². The first-order chi connectivity index (χ1) is 13.0. The standard InChI is InChI=1S/C20H21ClN4O2/c1-3-13(2)23-19(26)17-16-10-6-7-11-25(16)18(24-17)20(27)22-12-14-8-4-5-9-15(14)21/h4-11,13H,3,12H2,1-2H3,(H,22,27)(H,23,26). The number of imidazole rings is 1. The van der Waals surface area contributed by atoms with Gasteiger partial charge in [-0.3, -0.25) is 14.0 Å². The minimum atomic E-state index is -0.376. The molecule has 0 aliphatic heterocycles. The Morgan fingerprint density at radius 3 is 2.63 bits per heavy atom. The van der Waals surface area contributed by atoms with Crippen molar-refractivity contribution in [3.8, 4) is 0 Å². The van der Waals surface area contributed by atoms with Crippen LogP contribution in [0.4, 0.5) is 0 Å². The highest BCUT2D eigenvalue weighted by Crippen LogP contribution is 2.16. The number of aromatic nitrogens is 2. The van der Waals surface area contributed by atoms with Crippen LogP contribution in [0, 0.1) is 0 Å². The van der Waals surface area contributed by atoms with Gasteiger partial charge in [0.05, 0.1) is 5.52 Å². The number of nitrogens with zero attached hydrogens (tertiary/aromatic N) is 2. The van der Waals surface area contributed by atoms with E-state index in [4.69, 9.17) is 11.6 Å². The molecular formula is C20H21ClN4O2. The van der Waals surface area contributed by atoms with Gasteiger partial charge < -0.3 is 10.6 Å². The van der Waals surface area contributed by atoms with Gasteiger partial charge in [-0.2, -0.15) is 0 Å². The summed E-state index contributed by atoms with van der Waals surface area (Å²) < 4.78 is 1.62. The molecule has 0 fully saturated rings. The normalized spacial score (nSPS) is 12.0. The van der Waals surface area contributed by atoms with E-state index in [9.17, 15) is 9.59 Å². The highest BCUT2D eigenvalue weighted by Gasteiger charge is 2.22. The van der Waals surface area contributed by atoms with Crippen LogP contribution in [-0.2, 0) is 6.54 Å². The Bertz CT molecular complexity index is 983. The van der Waals surface area contributed by atoms with Crippen LogP contribution in [0.5, 0.6) is 0 Å². The summed E-state index contributed by atoms with van der Waals surface area (Å²) in [5.41, 5.74) is 1.63. The molecule has 7 heteroatoms. The second-order valence-electron chi connectivity index (χ2n) is 6.30. The first kappa shape index (κ1) is 18.9. The third-order valence-electron chi connectivity index (χ3n) is 4.35. The first-order valence-electron chi connectivity index (χ1n) is 8.80. The van der Waals surface area contributed by atoms with Crippen molar-refractivity contribution in [2.24, 2.45) is 0 Å². The van der Waals surface area contributed by atoms with Crippen LogP contribution in [0.2, 0.25) is 5.02 Å². The predicted molar refractivity (Wildman–Crippen MR) is 105 cm³/mol. The molecule has 140 valence electrons. The average molecular weight is 385 g/mol. The smallest absolute Gasteiger partial charge is 0.287 e. The lowest BCUT2D eigenvalue weighted by atomic mass is 10.2. The van der Waals surface area contributed by atoms with Crippen molar-refractivity contribution < 1.29 is 9.59 Å². The Kier molecular flexibility index (Phi) is 5.76. The zero-order valence-corrected chi connectivity index (χ0v) is 16.0. The van der Waals surface area contributed by atoms with E-state index in [2.05, 4.69) is 15.6 Å². The summed E-state index contributed by atoms with van der Waals surface area (Å²) in [6.45, 7) is 4.19. The van der Waals surface area contributed by atoms with E-state index in [-0.39, 0.29) is 35.9 Å². The lowest BCUT2D eigenvalue weighted by Gasteiger charge is -2.09. The zero-order valence-electron chi connectivity index (χ0n) is 15.2. The summed E-state index contributed by atoms with van der Waals surface area (Å²) in [6, 6.07) is 12.7. The number of fused-ring (bicyclic) bond motifs is 1. The monoisotopic (exact) mass is 384 g/mol. The van der Waals surface area contributed by atoms with Crippen LogP contribution in [0.3, 0.4) is 0 Å². The average Bonchev–Trinajstić information content (AvgIpc) is 3.07. The fraction of sp³-hybridized carbons (Fsp3) is 0.250. The largest absolute Gasteiger partial charge is 0.348 e. The molecule has 6 nitrogen and oxygen atoms in total. The van der Waals surface area contributed by atoms with Gasteiger partial charge in [-0.25, -0.2) is 4.98 Å². The van der Waals surface area contributed by atoms with Crippen LogP contribution in [0.1, 0.15) is 46.9 Å². The molecule has 0 saturated heterocycles. The Morgan fingerprint density at radius 1 is 1.15 bits per heavy atom. The molecule has 2 aromatic heterocycles. The van der Waals surface area contributed by atoms with Gasteiger partial charge in [-0.05, 0) is 37.1 Å². The van der Waals surface area contributed by atoms with Crippen LogP contribution in [-0.4, -0.2) is 27.2 Å². The van der Waals surface area contributed by atoms with E-state index >= 15 is 0 Å². The summed E-state index contributed by atoms with van der Waals surface area (Å²) in [6.07, 6.45) is 2.52. The number of hydrogen-bond donors (Lipinski definition) is 2. The third kappa shape index (κ3) is 4.11. The van der Waals surface area contributed by atoms with Gasteiger partial charge in [0, 0.05) is 23.8 Å². The summed E-state index contributed by atoms with van der Waals surface area (Å²) in [4.78, 5) is 29.6. The lowest BCUT2D eigenvalue weighted by molar-refractivity contribution is 0.0936. The molecule has 3 aromatic rings. The maximum absolute atomic E-state index is 12.7. The quantitative estimate of drug-likeness (QED) is 0.683. The molecule has 0 aliphatic carbocycles. The van der Waals surface area contributed by atoms with Crippen molar-refractivity contribution in [1.82, 2.24) is 20.0 Å². The number of pyridine rings is 1. The van der Waals surface area contributed by atoms with Crippen molar-refractivity contribution in [2.75, 3.05) is 0 Å². The van der Waals surface area contributed by atoms with Crippen molar-refractivity contribution in [3.05, 3.63) is 70.8 Å². The van der Waals surface area contributed by atoms with Crippen molar-refractivity contribution >= 4 is 28.9 Å². The molecule has 1 atom stereocenters. The molecule has 3 rings (SSSR count). The van der Waals surface area contributed by atoms with Crippen molar-refractivity contribution in [2.45, 2.75) is 32.9 Å². The number of carbonyl (C=O) groups excluding carboxylic acids is 2. The second kappa shape index (κ2) is 8.22. The third-order valence-corrected chi connectivity index (χ3v) is 4.72. The highest BCUT2D eigenvalue weighted by atomic mass is 35.5. The zero-order chi connectivity index (χ0) is 19.4. The molecule has 0 aliphatic rings. The van der Waals surface area contributed by atoms with E-state index in [1.165, 1.54) is 0 Å². The first-order valence-corrected chi connectivity index (χ1v) is 9.18. The maximum Gasteiger partial charge on any atom is 0.287 e. The Labute approximate surface area is 162 Å². The Hall–Kier alpha value is -2.86. The van der Waals surface area contributed by atoms with Crippen LogP contribution < -0.4 is 10.6 Å². The molecule has 1 unspecified atom stereocenters. The number of carbonyl (C=O) groups is 2. The van der Waals surface area contributed by atoms with Gasteiger partial charge in [-0.1, -0.05) is 42.8 Å². The molecular weight excluding hydrogens is 364 g/mol. The van der Waals surface area contributed by atoms with Crippen molar-refractivity contribution in [1.29, 1.82) is 0 Å². The Balaban J connectivity index is 1.87. The molecule has 2 N–H and O–H groups in total. The van der Waals surface area contributed by atoms with Crippen LogP contribution in [0.25, 0.3) is 5.52 Å². The van der Waals surface area contributed by atoms with E-state index in [1.807, 2.05) is 38.1 Å². The molecule has 0 saturated carbocycles. The number of halogens is 1. The molecule has 0 spiro atoms. The predicted octanol–water partition coefficient (Wildman–Crippen LogP) is 3.45. The molecule has 0 bridgehead atoms. The Morgan fingerprint density at radius 2 is 1.89 bits per heavy atom. The van der Waals surface area contributed by atoms with Crippen LogP contribution in [0.15, 0.2) is 48.7 Å². The second-order valence-corrected chi connectivity index (χ2v) is 6.70. The van der Waals surface area contributed by atoms with Gasteiger partial charge in [0.1, 0.15) is 0 Å².